The molecule has 3 heteroatoms. The lowest BCUT2D eigenvalue weighted by molar-refractivity contribution is 0.169. The molecule has 0 aliphatic carbocycles. The van der Waals surface area contributed by atoms with Crippen molar-refractivity contribution in [2.24, 2.45) is 0 Å². The van der Waals surface area contributed by atoms with Crippen molar-refractivity contribution < 1.29 is 4.74 Å². The predicted molar refractivity (Wildman–Crippen MR) is 68.3 cm³/mol. The first-order valence-corrected chi connectivity index (χ1v) is 6.13. The second kappa shape index (κ2) is 4.72. The fourth-order valence-electron chi connectivity index (χ4n) is 2.29. The number of rotatable bonds is 2. The summed E-state index contributed by atoms with van der Waals surface area (Å²) in [5.74, 6) is 0.948. The first kappa shape index (κ1) is 10.5. The van der Waals surface area contributed by atoms with Crippen molar-refractivity contribution in [2.75, 3.05) is 13.1 Å². The number of aromatic nitrogens is 1. The number of piperidine rings is 1. The van der Waals surface area contributed by atoms with Crippen LogP contribution in [0.2, 0.25) is 0 Å². The van der Waals surface area contributed by atoms with Crippen molar-refractivity contribution in [2.45, 2.75) is 18.9 Å². The van der Waals surface area contributed by atoms with E-state index in [1.165, 1.54) is 11.8 Å². The van der Waals surface area contributed by atoms with Crippen molar-refractivity contribution in [1.29, 1.82) is 0 Å². The Bertz CT molecular complexity index is 501. The SMILES string of the molecule is c1cc(OC2CCCNC2)c2cnccc2c1. The lowest BCUT2D eigenvalue weighted by Gasteiger charge is -2.24. The van der Waals surface area contributed by atoms with E-state index < -0.39 is 0 Å². The number of ether oxygens (including phenoxy) is 1. The number of fused-ring (bicyclic) bond motifs is 1. The molecule has 1 aliphatic rings. The molecule has 1 atom stereocenters. The van der Waals surface area contributed by atoms with Crippen LogP contribution in [0.25, 0.3) is 10.8 Å². The summed E-state index contributed by atoms with van der Waals surface area (Å²) in [6, 6.07) is 8.16. The minimum absolute atomic E-state index is 0.287. The minimum Gasteiger partial charge on any atom is -0.488 e. The zero-order valence-corrected chi connectivity index (χ0v) is 9.73. The van der Waals surface area contributed by atoms with Crippen molar-refractivity contribution >= 4 is 10.8 Å². The van der Waals surface area contributed by atoms with Gasteiger partial charge in [0.05, 0.1) is 0 Å². The van der Waals surface area contributed by atoms with Gasteiger partial charge in [-0.1, -0.05) is 12.1 Å². The van der Waals surface area contributed by atoms with Crippen LogP contribution < -0.4 is 10.1 Å². The third-order valence-electron chi connectivity index (χ3n) is 3.19. The predicted octanol–water partition coefficient (Wildman–Crippen LogP) is 2.37. The standard InChI is InChI=1S/C14H16N2O/c1-3-11-6-8-16-10-13(11)14(5-1)17-12-4-2-7-15-9-12/h1,3,5-6,8,10,12,15H,2,4,7,9H2. The molecule has 1 saturated heterocycles. The maximum Gasteiger partial charge on any atom is 0.129 e. The van der Waals surface area contributed by atoms with Crippen LogP contribution in [-0.4, -0.2) is 24.2 Å². The first-order valence-electron chi connectivity index (χ1n) is 6.13. The quantitative estimate of drug-likeness (QED) is 0.856. The van der Waals surface area contributed by atoms with E-state index in [1.807, 2.05) is 30.6 Å². The monoisotopic (exact) mass is 228 g/mol. The molecular formula is C14H16N2O. The number of nitrogens with zero attached hydrogens (tertiary/aromatic N) is 1. The summed E-state index contributed by atoms with van der Waals surface area (Å²) < 4.78 is 6.07. The van der Waals surface area contributed by atoms with Crippen LogP contribution >= 0.6 is 0 Å². The Hall–Kier alpha value is -1.61. The highest BCUT2D eigenvalue weighted by Crippen LogP contribution is 2.26. The molecule has 0 saturated carbocycles. The van der Waals surface area contributed by atoms with Crippen LogP contribution in [-0.2, 0) is 0 Å². The van der Waals surface area contributed by atoms with Crippen LogP contribution in [0.15, 0.2) is 36.7 Å². The molecule has 1 unspecified atom stereocenters. The van der Waals surface area contributed by atoms with Gasteiger partial charge in [-0.3, -0.25) is 4.98 Å². The average molecular weight is 228 g/mol. The Morgan fingerprint density at radius 2 is 2.29 bits per heavy atom. The average Bonchev–Trinajstić information content (AvgIpc) is 2.40. The second-order valence-electron chi connectivity index (χ2n) is 4.44. The third kappa shape index (κ3) is 2.24. The van der Waals surface area contributed by atoms with Gasteiger partial charge in [0.25, 0.3) is 0 Å². The van der Waals surface area contributed by atoms with Gasteiger partial charge in [0, 0.05) is 24.3 Å². The minimum atomic E-state index is 0.287. The Morgan fingerprint density at radius 3 is 3.18 bits per heavy atom. The van der Waals surface area contributed by atoms with Gasteiger partial charge < -0.3 is 10.1 Å². The van der Waals surface area contributed by atoms with E-state index in [4.69, 9.17) is 4.74 Å². The normalized spacial score (nSPS) is 20.4. The molecule has 1 aliphatic heterocycles. The number of nitrogens with one attached hydrogen (secondary N) is 1. The molecule has 2 aromatic rings. The first-order chi connectivity index (χ1) is 8.43. The molecule has 0 radical (unpaired) electrons. The summed E-state index contributed by atoms with van der Waals surface area (Å²) >= 11 is 0. The maximum atomic E-state index is 6.07. The topological polar surface area (TPSA) is 34.1 Å². The number of pyridine rings is 1. The van der Waals surface area contributed by atoms with Crippen LogP contribution in [0.3, 0.4) is 0 Å². The smallest absolute Gasteiger partial charge is 0.129 e. The molecule has 1 aromatic carbocycles. The third-order valence-corrected chi connectivity index (χ3v) is 3.19. The maximum absolute atomic E-state index is 6.07. The molecule has 2 heterocycles. The van der Waals surface area contributed by atoms with E-state index in [-0.39, 0.29) is 6.10 Å². The van der Waals surface area contributed by atoms with Gasteiger partial charge in [-0.25, -0.2) is 0 Å². The van der Waals surface area contributed by atoms with Gasteiger partial charge in [-0.05, 0) is 36.9 Å². The molecule has 1 N–H and O–H groups in total. The van der Waals surface area contributed by atoms with E-state index in [1.54, 1.807) is 0 Å². The summed E-state index contributed by atoms with van der Waals surface area (Å²) in [5, 5.41) is 5.64. The summed E-state index contributed by atoms with van der Waals surface area (Å²) in [6.45, 7) is 2.05. The molecule has 3 rings (SSSR count). The second-order valence-corrected chi connectivity index (χ2v) is 4.44. The number of hydrogen-bond donors (Lipinski definition) is 1. The Labute approximate surface area is 101 Å². The highest BCUT2D eigenvalue weighted by molar-refractivity contribution is 5.87. The molecular weight excluding hydrogens is 212 g/mol. The number of hydrogen-bond acceptors (Lipinski definition) is 3. The summed E-state index contributed by atoms with van der Waals surface area (Å²) in [4.78, 5) is 4.17. The van der Waals surface area contributed by atoms with E-state index in [0.29, 0.717) is 0 Å². The molecule has 1 aromatic heterocycles. The van der Waals surface area contributed by atoms with Gasteiger partial charge in [-0.15, -0.1) is 0 Å². The van der Waals surface area contributed by atoms with Gasteiger partial charge in [0.15, 0.2) is 0 Å². The van der Waals surface area contributed by atoms with Crippen LogP contribution in [0.5, 0.6) is 5.75 Å². The van der Waals surface area contributed by atoms with Crippen LogP contribution in [0.4, 0.5) is 0 Å². The van der Waals surface area contributed by atoms with Crippen molar-refractivity contribution in [3.8, 4) is 5.75 Å². The summed E-state index contributed by atoms with van der Waals surface area (Å²) in [7, 11) is 0. The number of benzene rings is 1. The molecule has 88 valence electrons. The van der Waals surface area contributed by atoms with Gasteiger partial charge >= 0.3 is 0 Å². The van der Waals surface area contributed by atoms with Crippen molar-refractivity contribution in [3.63, 3.8) is 0 Å². The zero-order chi connectivity index (χ0) is 11.5. The van der Waals surface area contributed by atoms with Crippen molar-refractivity contribution in [1.82, 2.24) is 10.3 Å². The molecule has 0 amide bonds. The molecule has 17 heavy (non-hydrogen) atoms. The highest BCUT2D eigenvalue weighted by Gasteiger charge is 2.15. The van der Waals surface area contributed by atoms with E-state index >= 15 is 0 Å². The Kier molecular flexibility index (Phi) is 2.92. The van der Waals surface area contributed by atoms with Gasteiger partial charge in [0.2, 0.25) is 0 Å². The lowest BCUT2D eigenvalue weighted by atomic mass is 10.1. The van der Waals surface area contributed by atoms with Gasteiger partial charge in [0.1, 0.15) is 11.9 Å². The largest absolute Gasteiger partial charge is 0.488 e. The molecule has 0 bridgehead atoms. The highest BCUT2D eigenvalue weighted by atomic mass is 16.5. The van der Waals surface area contributed by atoms with E-state index in [2.05, 4.69) is 16.4 Å². The van der Waals surface area contributed by atoms with Crippen molar-refractivity contribution in [3.05, 3.63) is 36.7 Å². The van der Waals surface area contributed by atoms with E-state index in [0.717, 1.165) is 30.6 Å². The van der Waals surface area contributed by atoms with Crippen LogP contribution in [0, 0.1) is 0 Å². The van der Waals surface area contributed by atoms with Gasteiger partial charge in [-0.2, -0.15) is 0 Å². The summed E-state index contributed by atoms with van der Waals surface area (Å²) in [5.41, 5.74) is 0. The lowest BCUT2D eigenvalue weighted by Crippen LogP contribution is -2.37. The van der Waals surface area contributed by atoms with Crippen LogP contribution in [0.1, 0.15) is 12.8 Å². The zero-order valence-electron chi connectivity index (χ0n) is 9.73. The fourth-order valence-corrected chi connectivity index (χ4v) is 2.29. The molecule has 1 fully saturated rings. The summed E-state index contributed by atoms with van der Waals surface area (Å²) in [6.07, 6.45) is 6.29. The Balaban J connectivity index is 1.89. The molecule has 3 nitrogen and oxygen atoms in total. The Morgan fingerprint density at radius 1 is 1.29 bits per heavy atom. The molecule has 0 spiro atoms. The fraction of sp³-hybridized carbons (Fsp3) is 0.357. The van der Waals surface area contributed by atoms with E-state index in [9.17, 15) is 0 Å².